The zero-order valence-electron chi connectivity index (χ0n) is 14.3. The predicted octanol–water partition coefficient (Wildman–Crippen LogP) is 2.16. The minimum absolute atomic E-state index is 0.0353. The van der Waals surface area contributed by atoms with Gasteiger partial charge in [0.15, 0.2) is 0 Å². The van der Waals surface area contributed by atoms with E-state index >= 15 is 0 Å². The van der Waals surface area contributed by atoms with Crippen LogP contribution in [-0.2, 0) is 15.1 Å². The summed E-state index contributed by atoms with van der Waals surface area (Å²) < 4.78 is 0. The van der Waals surface area contributed by atoms with Crippen molar-refractivity contribution in [1.29, 1.82) is 0 Å². The Morgan fingerprint density at radius 1 is 1.12 bits per heavy atom. The number of nitrogens with zero attached hydrogens (tertiary/aromatic N) is 2. The van der Waals surface area contributed by atoms with Crippen molar-refractivity contribution >= 4 is 17.7 Å². The van der Waals surface area contributed by atoms with Crippen LogP contribution in [0.4, 0.5) is 0 Å². The Hall–Kier alpha value is -2.17. The second-order valence-electron chi connectivity index (χ2n) is 7.23. The molecule has 0 N–H and O–H groups in total. The van der Waals surface area contributed by atoms with Gasteiger partial charge in [0, 0.05) is 18.7 Å². The first kappa shape index (κ1) is 15.4. The minimum atomic E-state index is -0.661. The zero-order valence-corrected chi connectivity index (χ0v) is 14.3. The number of hydrogen-bond acceptors (Lipinski definition) is 3. The maximum atomic E-state index is 13.1. The van der Waals surface area contributed by atoms with Gasteiger partial charge < -0.3 is 4.90 Å². The quantitative estimate of drug-likeness (QED) is 0.800. The fourth-order valence-electron chi connectivity index (χ4n) is 5.19. The summed E-state index contributed by atoms with van der Waals surface area (Å²) in [5.74, 6) is -1.19. The lowest BCUT2D eigenvalue weighted by Crippen LogP contribution is -2.48. The standard InChI is InChI=1S/C19H22N2O3/c1-4-5-10-19-13-9-7-6-8-12(13)16(22)21(19)11(2)14-15(19)18(24)20(3)17(14)23/h6-9,11,14-15H,4-5,10H2,1-3H3/t11-,14+,15-,19+/m0/s1. The maximum absolute atomic E-state index is 13.1. The van der Waals surface area contributed by atoms with Gasteiger partial charge in [0.05, 0.1) is 17.4 Å². The normalized spacial score (nSPS) is 34.0. The van der Waals surface area contributed by atoms with Gasteiger partial charge in [-0.15, -0.1) is 0 Å². The number of hydrogen-bond donors (Lipinski definition) is 0. The summed E-state index contributed by atoms with van der Waals surface area (Å²) >= 11 is 0. The van der Waals surface area contributed by atoms with Crippen LogP contribution < -0.4 is 0 Å². The molecule has 4 rings (SSSR count). The predicted molar refractivity (Wildman–Crippen MR) is 88.0 cm³/mol. The smallest absolute Gasteiger partial charge is 0.255 e. The highest BCUT2D eigenvalue weighted by Crippen LogP contribution is 2.59. The van der Waals surface area contributed by atoms with Crippen LogP contribution in [0.3, 0.4) is 0 Å². The Morgan fingerprint density at radius 2 is 1.83 bits per heavy atom. The number of rotatable bonds is 3. The summed E-state index contributed by atoms with van der Waals surface area (Å²) in [6, 6.07) is 7.34. The third-order valence-electron chi connectivity index (χ3n) is 6.20. The second-order valence-corrected chi connectivity index (χ2v) is 7.23. The molecule has 24 heavy (non-hydrogen) atoms. The monoisotopic (exact) mass is 326 g/mol. The molecule has 0 bridgehead atoms. The molecule has 1 aromatic rings. The Bertz CT molecular complexity index is 759. The molecule has 3 amide bonds. The molecule has 5 heteroatoms. The van der Waals surface area contributed by atoms with Crippen molar-refractivity contribution < 1.29 is 14.4 Å². The van der Waals surface area contributed by atoms with Gasteiger partial charge in [0.1, 0.15) is 0 Å². The first-order valence-corrected chi connectivity index (χ1v) is 8.71. The molecule has 2 saturated heterocycles. The van der Waals surface area contributed by atoms with Gasteiger partial charge in [-0.25, -0.2) is 0 Å². The van der Waals surface area contributed by atoms with Crippen molar-refractivity contribution in [3.63, 3.8) is 0 Å². The lowest BCUT2D eigenvalue weighted by Gasteiger charge is -2.38. The molecule has 0 aliphatic carbocycles. The topological polar surface area (TPSA) is 57.7 Å². The van der Waals surface area contributed by atoms with Crippen LogP contribution in [0, 0.1) is 11.8 Å². The van der Waals surface area contributed by atoms with Gasteiger partial charge in [0.25, 0.3) is 5.91 Å². The molecule has 0 aromatic heterocycles. The average Bonchev–Trinajstić information content (AvgIpc) is 3.09. The Kier molecular flexibility index (Phi) is 3.15. The van der Waals surface area contributed by atoms with E-state index in [1.54, 1.807) is 7.05 Å². The molecule has 0 radical (unpaired) electrons. The molecular formula is C19H22N2O3. The van der Waals surface area contributed by atoms with E-state index in [9.17, 15) is 14.4 Å². The molecule has 3 aliphatic heterocycles. The fourth-order valence-corrected chi connectivity index (χ4v) is 5.19. The maximum Gasteiger partial charge on any atom is 0.255 e. The number of amides is 3. The Morgan fingerprint density at radius 3 is 2.54 bits per heavy atom. The highest BCUT2D eigenvalue weighted by Gasteiger charge is 2.71. The zero-order chi connectivity index (χ0) is 17.2. The Labute approximate surface area is 141 Å². The van der Waals surface area contributed by atoms with Crippen LogP contribution in [0.2, 0.25) is 0 Å². The van der Waals surface area contributed by atoms with E-state index in [0.717, 1.165) is 24.8 Å². The van der Waals surface area contributed by atoms with E-state index in [4.69, 9.17) is 0 Å². The van der Waals surface area contributed by atoms with Crippen molar-refractivity contribution in [2.24, 2.45) is 11.8 Å². The molecular weight excluding hydrogens is 304 g/mol. The molecule has 5 nitrogen and oxygen atoms in total. The first-order chi connectivity index (χ1) is 11.5. The third kappa shape index (κ3) is 1.53. The number of fused-ring (bicyclic) bond motifs is 5. The fraction of sp³-hybridized carbons (Fsp3) is 0.526. The summed E-state index contributed by atoms with van der Waals surface area (Å²) in [6.07, 6.45) is 2.62. The number of likely N-dealkylation sites (tertiary alicyclic amines) is 1. The summed E-state index contributed by atoms with van der Waals surface area (Å²) in [5, 5.41) is 0. The number of benzene rings is 1. The number of carbonyl (C=O) groups excluding carboxylic acids is 3. The number of carbonyl (C=O) groups is 3. The van der Waals surface area contributed by atoms with Crippen LogP contribution in [0.25, 0.3) is 0 Å². The van der Waals surface area contributed by atoms with E-state index in [-0.39, 0.29) is 23.8 Å². The van der Waals surface area contributed by atoms with Gasteiger partial charge >= 0.3 is 0 Å². The van der Waals surface area contributed by atoms with Crippen molar-refractivity contribution in [2.45, 2.75) is 44.7 Å². The minimum Gasteiger partial charge on any atom is -0.324 e. The SMILES string of the molecule is CCCC[C@]12c3ccccc3C(=O)N1[C@@H](C)[C@H]1C(=O)N(C)C(=O)[C@H]12. The van der Waals surface area contributed by atoms with Gasteiger partial charge in [-0.2, -0.15) is 0 Å². The van der Waals surface area contributed by atoms with Crippen LogP contribution in [0.1, 0.15) is 49.0 Å². The molecule has 0 unspecified atom stereocenters. The van der Waals surface area contributed by atoms with E-state index < -0.39 is 17.4 Å². The molecule has 3 aliphatic rings. The van der Waals surface area contributed by atoms with Crippen LogP contribution in [0.15, 0.2) is 24.3 Å². The van der Waals surface area contributed by atoms with E-state index in [0.29, 0.717) is 5.56 Å². The lowest BCUT2D eigenvalue weighted by atomic mass is 9.73. The molecule has 1 aromatic carbocycles. The van der Waals surface area contributed by atoms with Crippen molar-refractivity contribution in [1.82, 2.24) is 9.80 Å². The van der Waals surface area contributed by atoms with Gasteiger partial charge in [-0.3, -0.25) is 19.3 Å². The van der Waals surface area contributed by atoms with E-state index in [1.807, 2.05) is 36.1 Å². The summed E-state index contributed by atoms with van der Waals surface area (Å²) in [5.41, 5.74) is 0.957. The van der Waals surface area contributed by atoms with Crippen LogP contribution in [-0.4, -0.2) is 40.6 Å². The van der Waals surface area contributed by atoms with Crippen molar-refractivity contribution in [2.75, 3.05) is 7.05 Å². The first-order valence-electron chi connectivity index (χ1n) is 8.71. The van der Waals surface area contributed by atoms with Crippen LogP contribution in [0.5, 0.6) is 0 Å². The molecule has 0 spiro atoms. The number of unbranched alkanes of at least 4 members (excludes halogenated alkanes) is 1. The highest BCUT2D eigenvalue weighted by molar-refractivity contribution is 6.10. The molecule has 3 heterocycles. The lowest BCUT2D eigenvalue weighted by molar-refractivity contribution is -0.140. The van der Waals surface area contributed by atoms with E-state index in [1.165, 1.54) is 4.90 Å². The largest absolute Gasteiger partial charge is 0.324 e. The third-order valence-corrected chi connectivity index (χ3v) is 6.20. The number of imide groups is 1. The summed E-state index contributed by atoms with van der Waals surface area (Å²) in [4.78, 5) is 41.8. The van der Waals surface area contributed by atoms with Crippen LogP contribution >= 0.6 is 0 Å². The van der Waals surface area contributed by atoms with Crippen molar-refractivity contribution in [3.05, 3.63) is 35.4 Å². The molecule has 4 atom stereocenters. The molecule has 2 fully saturated rings. The van der Waals surface area contributed by atoms with Gasteiger partial charge in [-0.05, 0) is 25.0 Å². The highest BCUT2D eigenvalue weighted by atomic mass is 16.2. The van der Waals surface area contributed by atoms with Crippen molar-refractivity contribution in [3.8, 4) is 0 Å². The average molecular weight is 326 g/mol. The Balaban J connectivity index is 1.97. The van der Waals surface area contributed by atoms with Gasteiger partial charge in [0.2, 0.25) is 11.8 Å². The molecule has 0 saturated carbocycles. The summed E-state index contributed by atoms with van der Waals surface area (Å²) in [6.45, 7) is 4.02. The molecule has 126 valence electrons. The second kappa shape index (κ2) is 4.91. The van der Waals surface area contributed by atoms with E-state index in [2.05, 4.69) is 6.92 Å². The van der Waals surface area contributed by atoms with Gasteiger partial charge in [-0.1, -0.05) is 38.0 Å². The summed E-state index contributed by atoms with van der Waals surface area (Å²) in [7, 11) is 1.57.